The fourth-order valence-electron chi connectivity index (χ4n) is 1.85. The highest BCUT2D eigenvalue weighted by molar-refractivity contribution is 5.65. The Morgan fingerprint density at radius 3 is 2.62 bits per heavy atom. The summed E-state index contributed by atoms with van der Waals surface area (Å²) in [7, 11) is 0. The quantitative estimate of drug-likeness (QED) is 0.842. The van der Waals surface area contributed by atoms with E-state index in [0.29, 0.717) is 11.5 Å². The van der Waals surface area contributed by atoms with Gasteiger partial charge in [0.05, 0.1) is 11.3 Å². The summed E-state index contributed by atoms with van der Waals surface area (Å²) in [6, 6.07) is 8.71. The lowest BCUT2D eigenvalue weighted by Crippen LogP contribution is -2.08. The minimum atomic E-state index is -4.39. The zero-order valence-corrected chi connectivity index (χ0v) is 11.5. The molecule has 0 unspecified atom stereocenters. The molecule has 2 aromatic rings. The molecule has 0 atom stereocenters. The standard InChI is InChI=1S/C15H16F3N3/c1-2-8-19-14-10-11(7-9-20-14)21-13-6-4-3-5-12(13)15(16,17)18/h3-7,9-10H,2,8H2,1H3,(H2,19,20,21). The van der Waals surface area contributed by atoms with Crippen molar-refractivity contribution in [2.45, 2.75) is 19.5 Å². The first-order valence-electron chi connectivity index (χ1n) is 6.64. The molecule has 21 heavy (non-hydrogen) atoms. The van der Waals surface area contributed by atoms with Crippen LogP contribution < -0.4 is 10.6 Å². The van der Waals surface area contributed by atoms with Gasteiger partial charge in [0.1, 0.15) is 5.82 Å². The molecule has 0 saturated heterocycles. The van der Waals surface area contributed by atoms with Crippen molar-refractivity contribution in [3.05, 3.63) is 48.2 Å². The zero-order valence-electron chi connectivity index (χ0n) is 11.5. The molecule has 2 rings (SSSR count). The van der Waals surface area contributed by atoms with E-state index in [1.54, 1.807) is 24.4 Å². The number of para-hydroxylation sites is 1. The van der Waals surface area contributed by atoms with Crippen molar-refractivity contribution >= 4 is 17.2 Å². The number of pyridine rings is 1. The molecule has 0 bridgehead atoms. The Morgan fingerprint density at radius 2 is 1.90 bits per heavy atom. The van der Waals surface area contributed by atoms with Crippen LogP contribution in [0.25, 0.3) is 0 Å². The third kappa shape index (κ3) is 4.11. The Morgan fingerprint density at radius 1 is 1.14 bits per heavy atom. The largest absolute Gasteiger partial charge is 0.418 e. The summed E-state index contributed by atoms with van der Waals surface area (Å²) in [5.41, 5.74) is -0.108. The van der Waals surface area contributed by atoms with E-state index < -0.39 is 11.7 Å². The minimum Gasteiger partial charge on any atom is -0.370 e. The van der Waals surface area contributed by atoms with Gasteiger partial charge in [0.25, 0.3) is 0 Å². The van der Waals surface area contributed by atoms with Gasteiger partial charge in [-0.3, -0.25) is 0 Å². The monoisotopic (exact) mass is 295 g/mol. The number of halogens is 3. The summed E-state index contributed by atoms with van der Waals surface area (Å²) >= 11 is 0. The Balaban J connectivity index is 2.23. The molecule has 6 heteroatoms. The Labute approximate surface area is 121 Å². The van der Waals surface area contributed by atoms with Gasteiger partial charge < -0.3 is 10.6 Å². The first-order chi connectivity index (χ1) is 10.0. The van der Waals surface area contributed by atoms with Crippen LogP contribution in [0.3, 0.4) is 0 Å². The molecule has 3 nitrogen and oxygen atoms in total. The second-order valence-electron chi connectivity index (χ2n) is 4.52. The molecule has 0 fully saturated rings. The van der Waals surface area contributed by atoms with Crippen LogP contribution in [-0.2, 0) is 6.18 Å². The van der Waals surface area contributed by atoms with Crippen molar-refractivity contribution < 1.29 is 13.2 Å². The number of anilines is 3. The maximum Gasteiger partial charge on any atom is 0.418 e. The fraction of sp³-hybridized carbons (Fsp3) is 0.267. The molecule has 1 aromatic carbocycles. The lowest BCUT2D eigenvalue weighted by atomic mass is 10.1. The van der Waals surface area contributed by atoms with Crippen molar-refractivity contribution in [3.63, 3.8) is 0 Å². The van der Waals surface area contributed by atoms with E-state index >= 15 is 0 Å². The zero-order chi connectivity index (χ0) is 15.3. The van der Waals surface area contributed by atoms with Crippen LogP contribution in [0.2, 0.25) is 0 Å². The SMILES string of the molecule is CCCNc1cc(Nc2ccccc2C(F)(F)F)ccn1. The van der Waals surface area contributed by atoms with Crippen LogP contribution in [0.1, 0.15) is 18.9 Å². The average Bonchev–Trinajstić information content (AvgIpc) is 2.45. The van der Waals surface area contributed by atoms with Crippen LogP contribution in [0.15, 0.2) is 42.6 Å². The predicted molar refractivity (Wildman–Crippen MR) is 77.7 cm³/mol. The van der Waals surface area contributed by atoms with Gasteiger partial charge in [0, 0.05) is 24.5 Å². The van der Waals surface area contributed by atoms with Crippen molar-refractivity contribution in [1.82, 2.24) is 4.98 Å². The number of nitrogens with one attached hydrogen (secondary N) is 2. The molecular weight excluding hydrogens is 279 g/mol. The van der Waals surface area contributed by atoms with Crippen LogP contribution >= 0.6 is 0 Å². The molecule has 0 amide bonds. The van der Waals surface area contributed by atoms with Gasteiger partial charge >= 0.3 is 6.18 Å². The summed E-state index contributed by atoms with van der Waals surface area (Å²) in [4.78, 5) is 4.12. The summed E-state index contributed by atoms with van der Waals surface area (Å²) in [5, 5.41) is 5.89. The third-order valence-electron chi connectivity index (χ3n) is 2.83. The molecule has 2 N–H and O–H groups in total. The van der Waals surface area contributed by atoms with Gasteiger partial charge in [0.2, 0.25) is 0 Å². The molecule has 112 valence electrons. The van der Waals surface area contributed by atoms with E-state index in [1.165, 1.54) is 12.1 Å². The van der Waals surface area contributed by atoms with Crippen LogP contribution in [-0.4, -0.2) is 11.5 Å². The Bertz CT molecular complexity index is 597. The Hall–Kier alpha value is -2.24. The van der Waals surface area contributed by atoms with E-state index in [-0.39, 0.29) is 5.69 Å². The summed E-state index contributed by atoms with van der Waals surface area (Å²) < 4.78 is 38.8. The number of benzene rings is 1. The average molecular weight is 295 g/mol. The third-order valence-corrected chi connectivity index (χ3v) is 2.83. The van der Waals surface area contributed by atoms with Gasteiger partial charge in [-0.2, -0.15) is 13.2 Å². The molecule has 0 radical (unpaired) electrons. The second-order valence-corrected chi connectivity index (χ2v) is 4.52. The molecule has 0 aliphatic carbocycles. The molecular formula is C15H16F3N3. The molecule has 0 saturated carbocycles. The molecule has 1 heterocycles. The molecule has 0 aliphatic rings. The van der Waals surface area contributed by atoms with Crippen LogP contribution in [0.4, 0.5) is 30.4 Å². The number of hydrogen-bond donors (Lipinski definition) is 2. The van der Waals surface area contributed by atoms with E-state index in [0.717, 1.165) is 19.0 Å². The number of alkyl halides is 3. The van der Waals surface area contributed by atoms with Crippen molar-refractivity contribution in [2.75, 3.05) is 17.2 Å². The fourth-order valence-corrected chi connectivity index (χ4v) is 1.85. The van der Waals surface area contributed by atoms with Crippen molar-refractivity contribution in [1.29, 1.82) is 0 Å². The first-order valence-corrected chi connectivity index (χ1v) is 6.64. The summed E-state index contributed by atoms with van der Waals surface area (Å²) in [5.74, 6) is 0.631. The summed E-state index contributed by atoms with van der Waals surface area (Å²) in [6.07, 6.45) is -1.90. The lowest BCUT2D eigenvalue weighted by Gasteiger charge is -2.15. The molecule has 1 aromatic heterocycles. The maximum absolute atomic E-state index is 12.9. The number of rotatable bonds is 5. The highest BCUT2D eigenvalue weighted by atomic mass is 19.4. The van der Waals surface area contributed by atoms with Gasteiger partial charge in [0.15, 0.2) is 0 Å². The number of aromatic nitrogens is 1. The van der Waals surface area contributed by atoms with Crippen LogP contribution in [0, 0.1) is 0 Å². The van der Waals surface area contributed by atoms with Gasteiger partial charge in [-0.25, -0.2) is 4.98 Å². The number of hydrogen-bond acceptors (Lipinski definition) is 3. The van der Waals surface area contributed by atoms with Crippen LogP contribution in [0.5, 0.6) is 0 Å². The van der Waals surface area contributed by atoms with Gasteiger partial charge in [-0.1, -0.05) is 19.1 Å². The predicted octanol–water partition coefficient (Wildman–Crippen LogP) is 4.67. The topological polar surface area (TPSA) is 37.0 Å². The first kappa shape index (κ1) is 15.2. The normalized spacial score (nSPS) is 11.2. The van der Waals surface area contributed by atoms with E-state index in [4.69, 9.17) is 0 Å². The van der Waals surface area contributed by atoms with Crippen molar-refractivity contribution in [2.24, 2.45) is 0 Å². The minimum absolute atomic E-state index is 0.0256. The Kier molecular flexibility index (Phi) is 4.67. The molecule has 0 aliphatic heterocycles. The van der Waals surface area contributed by atoms with Gasteiger partial charge in [-0.05, 0) is 24.6 Å². The summed E-state index contributed by atoms with van der Waals surface area (Å²) in [6.45, 7) is 2.78. The highest BCUT2D eigenvalue weighted by Gasteiger charge is 2.33. The van der Waals surface area contributed by atoms with E-state index in [2.05, 4.69) is 15.6 Å². The maximum atomic E-state index is 12.9. The number of nitrogens with zero attached hydrogens (tertiary/aromatic N) is 1. The van der Waals surface area contributed by atoms with Crippen molar-refractivity contribution in [3.8, 4) is 0 Å². The van der Waals surface area contributed by atoms with Gasteiger partial charge in [-0.15, -0.1) is 0 Å². The molecule has 0 spiro atoms. The van der Waals surface area contributed by atoms with E-state index in [1.807, 2.05) is 6.92 Å². The lowest BCUT2D eigenvalue weighted by molar-refractivity contribution is -0.136. The smallest absolute Gasteiger partial charge is 0.370 e. The highest BCUT2D eigenvalue weighted by Crippen LogP contribution is 2.35. The van der Waals surface area contributed by atoms with E-state index in [9.17, 15) is 13.2 Å². The second kappa shape index (κ2) is 6.47.